The van der Waals surface area contributed by atoms with Crippen molar-refractivity contribution in [2.75, 3.05) is 7.11 Å². The molecule has 3 heteroatoms. The Kier molecular flexibility index (Phi) is 3.69. The van der Waals surface area contributed by atoms with Gasteiger partial charge in [0.05, 0.1) is 7.11 Å². The van der Waals surface area contributed by atoms with Crippen LogP contribution in [0.25, 0.3) is 5.57 Å². The summed E-state index contributed by atoms with van der Waals surface area (Å²) in [6.07, 6.45) is 7.85. The van der Waals surface area contributed by atoms with Crippen molar-refractivity contribution >= 4 is 5.57 Å². The number of nitrogens with zero attached hydrogens (tertiary/aromatic N) is 2. The molecule has 0 heterocycles. The molecule has 0 unspecified atom stereocenters. The lowest BCUT2D eigenvalue weighted by molar-refractivity contribution is 0.215. The third-order valence-electron chi connectivity index (χ3n) is 6.67. The Balaban J connectivity index is 1.94. The van der Waals surface area contributed by atoms with Crippen molar-refractivity contribution in [3.8, 4) is 17.9 Å². The SMILES string of the molecule is COc1ccc2c(c1)CC[C@@H]1C2=CC(=C(C#N)C#N)[C@]2(C)CCC[C@@H]12. The molecule has 0 amide bonds. The zero-order valence-electron chi connectivity index (χ0n) is 14.8. The maximum absolute atomic E-state index is 9.50. The van der Waals surface area contributed by atoms with E-state index in [2.05, 4.69) is 37.3 Å². The van der Waals surface area contributed by atoms with Crippen molar-refractivity contribution in [2.24, 2.45) is 17.3 Å². The molecule has 3 aliphatic rings. The van der Waals surface area contributed by atoms with Gasteiger partial charge in [0.2, 0.25) is 0 Å². The zero-order valence-corrected chi connectivity index (χ0v) is 14.8. The van der Waals surface area contributed by atoms with Crippen LogP contribution in [-0.2, 0) is 6.42 Å². The molecule has 1 aromatic carbocycles. The standard InChI is InChI=1S/C22H22N2O/c1-22-9-3-4-20(22)18-7-5-14-10-16(25-2)6-8-17(14)19(18)11-21(22)15(12-23)13-24/h6,8,10-11,18,20H,3-5,7,9H2,1-2H3/t18-,20+,22-/m1/s1. The highest BCUT2D eigenvalue weighted by atomic mass is 16.5. The largest absolute Gasteiger partial charge is 0.497 e. The second-order valence-electron chi connectivity index (χ2n) is 7.70. The van der Waals surface area contributed by atoms with Gasteiger partial charge in [0.1, 0.15) is 23.5 Å². The van der Waals surface area contributed by atoms with Crippen molar-refractivity contribution in [1.82, 2.24) is 0 Å². The number of ether oxygens (including phenoxy) is 1. The Hall–Kier alpha value is -2.52. The fourth-order valence-corrected chi connectivity index (χ4v) is 5.45. The molecule has 0 saturated heterocycles. The zero-order chi connectivity index (χ0) is 17.6. The number of hydrogen-bond donors (Lipinski definition) is 0. The minimum absolute atomic E-state index is 0.0288. The van der Waals surface area contributed by atoms with Crippen LogP contribution in [0.2, 0.25) is 0 Å². The summed E-state index contributed by atoms with van der Waals surface area (Å²) >= 11 is 0. The van der Waals surface area contributed by atoms with Crippen molar-refractivity contribution in [1.29, 1.82) is 10.5 Å². The molecule has 0 N–H and O–H groups in total. The predicted molar refractivity (Wildman–Crippen MR) is 96.5 cm³/mol. The number of methoxy groups -OCH3 is 1. The number of allylic oxidation sites excluding steroid dienone is 4. The summed E-state index contributed by atoms with van der Waals surface area (Å²) in [5, 5.41) is 19.0. The average molecular weight is 330 g/mol. The molecule has 1 fully saturated rings. The van der Waals surface area contributed by atoms with E-state index in [1.165, 1.54) is 29.5 Å². The van der Waals surface area contributed by atoms with Crippen LogP contribution in [0.4, 0.5) is 0 Å². The van der Waals surface area contributed by atoms with E-state index in [0.29, 0.717) is 17.4 Å². The van der Waals surface area contributed by atoms with Gasteiger partial charge >= 0.3 is 0 Å². The normalized spacial score (nSPS) is 29.4. The molecular weight excluding hydrogens is 308 g/mol. The van der Waals surface area contributed by atoms with Crippen molar-refractivity contribution in [2.45, 2.75) is 39.0 Å². The molecule has 25 heavy (non-hydrogen) atoms. The molecule has 0 aliphatic heterocycles. The lowest BCUT2D eigenvalue weighted by Crippen LogP contribution is -2.36. The third kappa shape index (κ3) is 2.23. The molecule has 1 saturated carbocycles. The Morgan fingerprint density at radius 3 is 2.76 bits per heavy atom. The van der Waals surface area contributed by atoms with Crippen molar-refractivity contribution in [3.05, 3.63) is 46.5 Å². The van der Waals surface area contributed by atoms with Crippen molar-refractivity contribution in [3.63, 3.8) is 0 Å². The maximum atomic E-state index is 9.50. The number of rotatable bonds is 1. The average Bonchev–Trinajstić information content (AvgIpc) is 3.05. The summed E-state index contributed by atoms with van der Waals surface area (Å²) in [7, 11) is 1.70. The van der Waals surface area contributed by atoms with Crippen LogP contribution in [0.15, 0.2) is 35.4 Å². The number of aryl methyl sites for hydroxylation is 1. The van der Waals surface area contributed by atoms with Gasteiger partial charge in [-0.1, -0.05) is 25.5 Å². The summed E-state index contributed by atoms with van der Waals surface area (Å²) < 4.78 is 5.38. The molecule has 4 rings (SSSR count). The predicted octanol–water partition coefficient (Wildman–Crippen LogP) is 4.80. The number of nitriles is 2. The van der Waals surface area contributed by atoms with Crippen LogP contribution in [0.5, 0.6) is 5.75 Å². The van der Waals surface area contributed by atoms with Gasteiger partial charge in [-0.05, 0) is 77.3 Å². The molecule has 0 aromatic heterocycles. The van der Waals surface area contributed by atoms with Crippen LogP contribution in [-0.4, -0.2) is 7.11 Å². The topological polar surface area (TPSA) is 56.8 Å². The molecule has 3 atom stereocenters. The molecule has 3 aliphatic carbocycles. The lowest BCUT2D eigenvalue weighted by Gasteiger charge is -2.46. The van der Waals surface area contributed by atoms with Crippen LogP contribution in [0, 0.1) is 39.9 Å². The highest BCUT2D eigenvalue weighted by Crippen LogP contribution is 2.60. The smallest absolute Gasteiger partial charge is 0.133 e. The highest BCUT2D eigenvalue weighted by Gasteiger charge is 2.50. The van der Waals surface area contributed by atoms with Crippen LogP contribution in [0.3, 0.4) is 0 Å². The van der Waals surface area contributed by atoms with E-state index in [-0.39, 0.29) is 5.41 Å². The monoisotopic (exact) mass is 330 g/mol. The molecule has 1 aromatic rings. The first-order valence-electron chi connectivity index (χ1n) is 9.06. The number of fused-ring (bicyclic) bond motifs is 5. The van der Waals surface area contributed by atoms with E-state index in [0.717, 1.165) is 30.6 Å². The Bertz CT molecular complexity index is 864. The lowest BCUT2D eigenvalue weighted by atomic mass is 9.58. The van der Waals surface area contributed by atoms with E-state index in [9.17, 15) is 10.5 Å². The molecule has 126 valence electrons. The first-order valence-corrected chi connectivity index (χ1v) is 9.06. The van der Waals surface area contributed by atoms with E-state index >= 15 is 0 Å². The van der Waals surface area contributed by atoms with Gasteiger partial charge in [-0.15, -0.1) is 0 Å². The van der Waals surface area contributed by atoms with Gasteiger partial charge in [0.25, 0.3) is 0 Å². The first kappa shape index (κ1) is 16.0. The van der Waals surface area contributed by atoms with E-state index in [1.54, 1.807) is 7.11 Å². The summed E-state index contributed by atoms with van der Waals surface area (Å²) in [5.74, 6) is 1.97. The van der Waals surface area contributed by atoms with Gasteiger partial charge < -0.3 is 4.74 Å². The summed E-state index contributed by atoms with van der Waals surface area (Å²) in [5.41, 5.74) is 5.15. The van der Waals surface area contributed by atoms with E-state index in [4.69, 9.17) is 4.74 Å². The number of benzene rings is 1. The van der Waals surface area contributed by atoms with Crippen molar-refractivity contribution < 1.29 is 4.74 Å². The van der Waals surface area contributed by atoms with Gasteiger partial charge in [0, 0.05) is 0 Å². The molecule has 0 radical (unpaired) electrons. The molecule has 0 spiro atoms. The quantitative estimate of drug-likeness (QED) is 0.695. The van der Waals surface area contributed by atoms with E-state index in [1.807, 2.05) is 6.07 Å². The van der Waals surface area contributed by atoms with Gasteiger partial charge in [-0.2, -0.15) is 10.5 Å². The van der Waals surface area contributed by atoms with Gasteiger partial charge in [0.15, 0.2) is 0 Å². The van der Waals surface area contributed by atoms with Crippen LogP contribution in [0.1, 0.15) is 43.7 Å². The van der Waals surface area contributed by atoms with E-state index < -0.39 is 0 Å². The molecule has 3 nitrogen and oxygen atoms in total. The second kappa shape index (κ2) is 5.78. The third-order valence-corrected chi connectivity index (χ3v) is 6.67. The first-order chi connectivity index (χ1) is 12.1. The Morgan fingerprint density at radius 2 is 2.04 bits per heavy atom. The minimum atomic E-state index is -0.0288. The van der Waals surface area contributed by atoms with Gasteiger partial charge in [-0.25, -0.2) is 0 Å². The number of hydrogen-bond acceptors (Lipinski definition) is 3. The minimum Gasteiger partial charge on any atom is -0.497 e. The second-order valence-corrected chi connectivity index (χ2v) is 7.70. The summed E-state index contributed by atoms with van der Waals surface area (Å²) in [4.78, 5) is 0. The van der Waals surface area contributed by atoms with Crippen LogP contribution < -0.4 is 4.74 Å². The maximum Gasteiger partial charge on any atom is 0.133 e. The summed E-state index contributed by atoms with van der Waals surface area (Å²) in [6.45, 7) is 2.27. The van der Waals surface area contributed by atoms with Crippen LogP contribution >= 0.6 is 0 Å². The highest BCUT2D eigenvalue weighted by molar-refractivity contribution is 5.78. The summed E-state index contributed by atoms with van der Waals surface area (Å²) in [6, 6.07) is 10.6. The molecule has 0 bridgehead atoms. The fourth-order valence-electron chi connectivity index (χ4n) is 5.45. The fraction of sp³-hybridized carbons (Fsp3) is 0.455. The molecular formula is C22H22N2O. The Labute approximate surface area is 149 Å². The Morgan fingerprint density at radius 1 is 1.24 bits per heavy atom. The van der Waals surface area contributed by atoms with Gasteiger partial charge in [-0.3, -0.25) is 0 Å².